The van der Waals surface area contributed by atoms with Crippen molar-refractivity contribution in [1.29, 1.82) is 0 Å². The first kappa shape index (κ1) is 16.5. The fourth-order valence-corrected chi connectivity index (χ4v) is 3.59. The third-order valence-corrected chi connectivity index (χ3v) is 5.05. The van der Waals surface area contributed by atoms with Crippen LogP contribution in [0.1, 0.15) is 19.3 Å². The van der Waals surface area contributed by atoms with Gasteiger partial charge in [0.1, 0.15) is 0 Å². The average Bonchev–Trinajstić information content (AvgIpc) is 2.68. The summed E-state index contributed by atoms with van der Waals surface area (Å²) in [5.74, 6) is 0.273. The largest absolute Gasteiger partial charge is 0.481 e. The number of carbonyl (C=O) groups is 1. The van der Waals surface area contributed by atoms with Crippen molar-refractivity contribution in [3.63, 3.8) is 0 Å². The Bertz CT molecular complexity index is 933. The number of benzene rings is 2. The van der Waals surface area contributed by atoms with Crippen molar-refractivity contribution >= 4 is 22.7 Å². The van der Waals surface area contributed by atoms with Crippen molar-refractivity contribution in [2.75, 3.05) is 18.0 Å². The number of carboxylic acid groups (broad SMARTS) is 1. The Balaban J connectivity index is 1.54. The molecule has 0 bridgehead atoms. The molecule has 5 nitrogen and oxygen atoms in total. The summed E-state index contributed by atoms with van der Waals surface area (Å²) in [5, 5.41) is 11.4. The van der Waals surface area contributed by atoms with Crippen molar-refractivity contribution in [3.05, 3.63) is 54.7 Å². The van der Waals surface area contributed by atoms with Gasteiger partial charge in [0.15, 0.2) is 0 Å². The maximum atomic E-state index is 10.9. The lowest BCUT2D eigenvalue weighted by atomic mass is 9.94. The van der Waals surface area contributed by atoms with Crippen molar-refractivity contribution in [2.24, 2.45) is 5.92 Å². The molecule has 3 aromatic rings. The van der Waals surface area contributed by atoms with Gasteiger partial charge >= 0.3 is 5.97 Å². The highest BCUT2D eigenvalue weighted by molar-refractivity contribution is 5.86. The maximum Gasteiger partial charge on any atom is 0.303 e. The molecule has 1 fully saturated rings. The first-order chi connectivity index (χ1) is 12.7. The van der Waals surface area contributed by atoms with Gasteiger partial charge in [-0.1, -0.05) is 36.4 Å². The summed E-state index contributed by atoms with van der Waals surface area (Å²) in [6.45, 7) is 1.61. The molecule has 0 aliphatic carbocycles. The van der Waals surface area contributed by atoms with Crippen LogP contribution in [-0.4, -0.2) is 34.1 Å². The molecule has 0 saturated carbocycles. The third-order valence-electron chi connectivity index (χ3n) is 5.05. The van der Waals surface area contributed by atoms with Crippen LogP contribution in [0.4, 0.5) is 5.95 Å². The van der Waals surface area contributed by atoms with E-state index in [-0.39, 0.29) is 12.3 Å². The number of anilines is 1. The van der Waals surface area contributed by atoms with E-state index >= 15 is 0 Å². The van der Waals surface area contributed by atoms with Crippen LogP contribution in [0.2, 0.25) is 0 Å². The van der Waals surface area contributed by atoms with Crippen LogP contribution in [0.5, 0.6) is 0 Å². The lowest BCUT2D eigenvalue weighted by Crippen LogP contribution is -2.35. The average molecular weight is 347 g/mol. The Morgan fingerprint density at radius 3 is 2.62 bits per heavy atom. The van der Waals surface area contributed by atoms with Gasteiger partial charge in [-0.2, -0.15) is 0 Å². The minimum atomic E-state index is -0.710. The number of hydrogen-bond acceptors (Lipinski definition) is 4. The van der Waals surface area contributed by atoms with Gasteiger partial charge in [-0.25, -0.2) is 9.97 Å². The molecular weight excluding hydrogens is 326 g/mol. The van der Waals surface area contributed by atoms with E-state index in [1.807, 2.05) is 18.2 Å². The fourth-order valence-electron chi connectivity index (χ4n) is 3.59. The highest BCUT2D eigenvalue weighted by Crippen LogP contribution is 2.26. The molecule has 1 aliphatic heterocycles. The molecule has 1 saturated heterocycles. The molecule has 1 N–H and O–H groups in total. The Labute approximate surface area is 152 Å². The number of aliphatic carboxylic acids is 1. The zero-order valence-electron chi connectivity index (χ0n) is 14.5. The lowest BCUT2D eigenvalue weighted by Gasteiger charge is -2.31. The molecule has 0 unspecified atom stereocenters. The second-order valence-corrected chi connectivity index (χ2v) is 6.83. The topological polar surface area (TPSA) is 66.3 Å². The van der Waals surface area contributed by atoms with Crippen molar-refractivity contribution in [3.8, 4) is 11.3 Å². The number of piperidine rings is 1. The van der Waals surface area contributed by atoms with Gasteiger partial charge in [0.25, 0.3) is 0 Å². The zero-order chi connectivity index (χ0) is 17.9. The van der Waals surface area contributed by atoms with Crippen LogP contribution >= 0.6 is 0 Å². The summed E-state index contributed by atoms with van der Waals surface area (Å²) >= 11 is 0. The van der Waals surface area contributed by atoms with E-state index in [2.05, 4.69) is 40.2 Å². The van der Waals surface area contributed by atoms with Crippen LogP contribution in [0.3, 0.4) is 0 Å². The van der Waals surface area contributed by atoms with E-state index in [1.165, 1.54) is 10.8 Å². The third kappa shape index (κ3) is 3.52. The number of fused-ring (bicyclic) bond motifs is 1. The summed E-state index contributed by atoms with van der Waals surface area (Å²) in [4.78, 5) is 22.2. The van der Waals surface area contributed by atoms with Crippen LogP contribution in [0.15, 0.2) is 54.7 Å². The second-order valence-electron chi connectivity index (χ2n) is 6.83. The standard InChI is InChI=1S/C21H21N3O2/c25-20(26)13-15-8-11-24(12-9-15)21-22-10-7-19(23-21)18-6-5-16-3-1-2-4-17(16)14-18/h1-7,10,14-15H,8-9,11-13H2,(H,25,26). The predicted octanol–water partition coefficient (Wildman–Crippen LogP) is 3.99. The molecule has 0 atom stereocenters. The van der Waals surface area contributed by atoms with Crippen LogP contribution in [0.25, 0.3) is 22.0 Å². The summed E-state index contributed by atoms with van der Waals surface area (Å²) < 4.78 is 0. The van der Waals surface area contributed by atoms with E-state index in [0.29, 0.717) is 0 Å². The van der Waals surface area contributed by atoms with E-state index in [0.717, 1.165) is 43.1 Å². The Morgan fingerprint density at radius 2 is 1.85 bits per heavy atom. The van der Waals surface area contributed by atoms with E-state index < -0.39 is 5.97 Å². The molecule has 2 heterocycles. The van der Waals surface area contributed by atoms with Gasteiger partial charge in [-0.3, -0.25) is 4.79 Å². The minimum absolute atomic E-state index is 0.256. The first-order valence-corrected chi connectivity index (χ1v) is 8.98. The number of hydrogen-bond donors (Lipinski definition) is 1. The smallest absolute Gasteiger partial charge is 0.303 e. The van der Waals surface area contributed by atoms with Crippen LogP contribution < -0.4 is 4.90 Å². The van der Waals surface area contributed by atoms with E-state index in [1.54, 1.807) is 6.20 Å². The summed E-state index contributed by atoms with van der Waals surface area (Å²) in [6.07, 6.45) is 3.80. The second kappa shape index (κ2) is 7.12. The quantitative estimate of drug-likeness (QED) is 0.773. The molecular formula is C21H21N3O2. The highest BCUT2D eigenvalue weighted by atomic mass is 16.4. The van der Waals surface area contributed by atoms with Gasteiger partial charge in [0, 0.05) is 31.3 Å². The molecule has 0 spiro atoms. The SMILES string of the molecule is O=C(O)CC1CCN(c2nccc(-c3ccc4ccccc4c3)n2)CC1. The Kier molecular flexibility index (Phi) is 4.52. The molecule has 132 valence electrons. The maximum absolute atomic E-state index is 10.9. The number of aromatic nitrogens is 2. The molecule has 5 heteroatoms. The molecule has 1 aromatic heterocycles. The van der Waals surface area contributed by atoms with E-state index in [4.69, 9.17) is 10.1 Å². The molecule has 26 heavy (non-hydrogen) atoms. The van der Waals surface area contributed by atoms with Crippen molar-refractivity contribution < 1.29 is 9.90 Å². The molecule has 1 aliphatic rings. The zero-order valence-corrected chi connectivity index (χ0v) is 14.5. The molecule has 0 radical (unpaired) electrons. The van der Waals surface area contributed by atoms with Gasteiger partial charge in [0.2, 0.25) is 5.95 Å². The fraction of sp³-hybridized carbons (Fsp3) is 0.286. The van der Waals surface area contributed by atoms with Crippen molar-refractivity contribution in [1.82, 2.24) is 9.97 Å². The summed E-state index contributed by atoms with van der Waals surface area (Å²) in [5.41, 5.74) is 1.99. The number of nitrogens with zero attached hydrogens (tertiary/aromatic N) is 3. The minimum Gasteiger partial charge on any atom is -0.481 e. The van der Waals surface area contributed by atoms with E-state index in [9.17, 15) is 4.79 Å². The highest BCUT2D eigenvalue weighted by Gasteiger charge is 2.23. The lowest BCUT2D eigenvalue weighted by molar-refractivity contribution is -0.138. The summed E-state index contributed by atoms with van der Waals surface area (Å²) in [6, 6.07) is 16.6. The summed E-state index contributed by atoms with van der Waals surface area (Å²) in [7, 11) is 0. The number of carboxylic acids is 1. The molecule has 0 amide bonds. The first-order valence-electron chi connectivity index (χ1n) is 8.98. The Morgan fingerprint density at radius 1 is 1.08 bits per heavy atom. The Hall–Kier alpha value is -2.95. The van der Waals surface area contributed by atoms with Crippen LogP contribution in [0, 0.1) is 5.92 Å². The van der Waals surface area contributed by atoms with Crippen LogP contribution in [-0.2, 0) is 4.79 Å². The molecule has 4 rings (SSSR count). The van der Waals surface area contributed by atoms with Gasteiger partial charge < -0.3 is 10.0 Å². The van der Waals surface area contributed by atoms with Gasteiger partial charge in [-0.05, 0) is 41.7 Å². The normalized spacial score (nSPS) is 15.3. The number of rotatable bonds is 4. The van der Waals surface area contributed by atoms with Gasteiger partial charge in [0.05, 0.1) is 5.69 Å². The van der Waals surface area contributed by atoms with Gasteiger partial charge in [-0.15, -0.1) is 0 Å². The molecule has 2 aromatic carbocycles. The predicted molar refractivity (Wildman–Crippen MR) is 102 cm³/mol. The monoisotopic (exact) mass is 347 g/mol. The van der Waals surface area contributed by atoms with Crippen molar-refractivity contribution in [2.45, 2.75) is 19.3 Å².